The summed E-state index contributed by atoms with van der Waals surface area (Å²) in [7, 11) is 0. The highest BCUT2D eigenvalue weighted by atomic mass is 19.4. The van der Waals surface area contributed by atoms with Crippen LogP contribution in [-0.2, 0) is 19.3 Å². The standard InChI is InChI=1S/C33H30F3N3O2/c1-21-17-22(11-12-25(21)26-7-3-4-8-28(26)33(34,35)36)31(40)27-13-16-39-20-24-10-9-23(18-29(24)37-19-30(27)39)32(41)38-14-5-2-6-15-38/h3-4,7-13,16-18,37H,2,5-6,14-15,19-20H2,1H3. The van der Waals surface area contributed by atoms with Crippen molar-refractivity contribution < 1.29 is 22.8 Å². The molecule has 1 fully saturated rings. The lowest BCUT2D eigenvalue weighted by atomic mass is 9.92. The molecular weight excluding hydrogens is 527 g/mol. The zero-order valence-corrected chi connectivity index (χ0v) is 22.7. The monoisotopic (exact) mass is 557 g/mol. The molecule has 5 nitrogen and oxygen atoms in total. The van der Waals surface area contributed by atoms with Gasteiger partial charge in [-0.25, -0.2) is 0 Å². The number of benzene rings is 3. The lowest BCUT2D eigenvalue weighted by Crippen LogP contribution is -2.35. The fraction of sp³-hybridized carbons (Fsp3) is 0.273. The largest absolute Gasteiger partial charge is 0.417 e. The molecule has 0 saturated carbocycles. The predicted octanol–water partition coefficient (Wildman–Crippen LogP) is 7.31. The van der Waals surface area contributed by atoms with Crippen LogP contribution in [0.3, 0.4) is 0 Å². The number of carbonyl (C=O) groups is 2. The van der Waals surface area contributed by atoms with Crippen molar-refractivity contribution in [1.29, 1.82) is 0 Å². The summed E-state index contributed by atoms with van der Waals surface area (Å²) < 4.78 is 42.9. The third-order valence-electron chi connectivity index (χ3n) is 8.12. The van der Waals surface area contributed by atoms with E-state index in [1.54, 1.807) is 37.3 Å². The molecule has 1 amide bonds. The molecule has 0 atom stereocenters. The van der Waals surface area contributed by atoms with Crippen LogP contribution in [0.5, 0.6) is 0 Å². The van der Waals surface area contributed by atoms with E-state index in [1.165, 1.54) is 12.1 Å². The first-order valence-corrected chi connectivity index (χ1v) is 13.9. The molecule has 2 aliphatic rings. The van der Waals surface area contributed by atoms with Crippen LogP contribution in [0.1, 0.15) is 67.9 Å². The average molecular weight is 558 g/mol. The highest BCUT2D eigenvalue weighted by molar-refractivity contribution is 6.10. The van der Waals surface area contributed by atoms with Gasteiger partial charge < -0.3 is 14.8 Å². The van der Waals surface area contributed by atoms with Gasteiger partial charge in [0.15, 0.2) is 5.78 Å². The minimum atomic E-state index is -4.48. The molecule has 0 bridgehead atoms. The first kappa shape index (κ1) is 26.9. The number of likely N-dealkylation sites (tertiary alicyclic amines) is 1. The van der Waals surface area contributed by atoms with Crippen molar-refractivity contribution in [3.63, 3.8) is 0 Å². The van der Waals surface area contributed by atoms with Crippen molar-refractivity contribution in [2.24, 2.45) is 0 Å². The number of aryl methyl sites for hydroxylation is 1. The van der Waals surface area contributed by atoms with E-state index in [2.05, 4.69) is 5.32 Å². The summed E-state index contributed by atoms with van der Waals surface area (Å²) in [6.07, 6.45) is 0.625. The van der Waals surface area contributed by atoms with E-state index < -0.39 is 11.7 Å². The molecule has 1 saturated heterocycles. The first-order valence-electron chi connectivity index (χ1n) is 13.9. The molecule has 6 rings (SSSR count). The Morgan fingerprint density at radius 3 is 2.37 bits per heavy atom. The SMILES string of the molecule is Cc1cc(C(=O)c2ccn3c2CNc2cc(C(=O)N4CCCCC4)ccc2C3)ccc1-c1ccccc1C(F)(F)F. The molecule has 4 aromatic rings. The van der Waals surface area contributed by atoms with Crippen molar-refractivity contribution in [1.82, 2.24) is 9.47 Å². The zero-order valence-electron chi connectivity index (χ0n) is 22.7. The Bertz CT molecular complexity index is 1650. The summed E-state index contributed by atoms with van der Waals surface area (Å²) in [4.78, 5) is 28.6. The summed E-state index contributed by atoms with van der Waals surface area (Å²) in [6, 6.07) is 17.9. The Morgan fingerprint density at radius 2 is 1.61 bits per heavy atom. The van der Waals surface area contributed by atoms with Gasteiger partial charge in [0.25, 0.3) is 5.91 Å². The number of piperidine rings is 1. The zero-order chi connectivity index (χ0) is 28.7. The van der Waals surface area contributed by atoms with Gasteiger partial charge in [-0.3, -0.25) is 9.59 Å². The van der Waals surface area contributed by atoms with E-state index >= 15 is 0 Å². The topological polar surface area (TPSA) is 54.3 Å². The summed E-state index contributed by atoms with van der Waals surface area (Å²) >= 11 is 0. The van der Waals surface area contributed by atoms with Crippen LogP contribution in [0.15, 0.2) is 72.9 Å². The third kappa shape index (κ3) is 5.14. The van der Waals surface area contributed by atoms with Gasteiger partial charge >= 0.3 is 6.18 Å². The van der Waals surface area contributed by atoms with Gasteiger partial charge in [-0.15, -0.1) is 0 Å². The number of carbonyl (C=O) groups excluding carboxylic acids is 2. The number of amides is 1. The highest BCUT2D eigenvalue weighted by Crippen LogP contribution is 2.38. The van der Waals surface area contributed by atoms with Crippen LogP contribution in [0.2, 0.25) is 0 Å². The summed E-state index contributed by atoms with van der Waals surface area (Å²) in [6.45, 7) is 4.25. The Labute approximate surface area is 236 Å². The van der Waals surface area contributed by atoms with Gasteiger partial charge in [-0.2, -0.15) is 13.2 Å². The number of rotatable bonds is 4. The smallest absolute Gasteiger partial charge is 0.379 e. The third-order valence-corrected chi connectivity index (χ3v) is 8.12. The van der Waals surface area contributed by atoms with Crippen molar-refractivity contribution in [3.05, 3.63) is 112 Å². The van der Waals surface area contributed by atoms with Gasteiger partial charge in [0.05, 0.1) is 12.1 Å². The molecule has 0 aliphatic carbocycles. The van der Waals surface area contributed by atoms with Crippen LogP contribution < -0.4 is 5.32 Å². The van der Waals surface area contributed by atoms with Gasteiger partial charge in [-0.05, 0) is 78.8 Å². The Balaban J connectivity index is 1.24. The lowest BCUT2D eigenvalue weighted by Gasteiger charge is -2.27. The van der Waals surface area contributed by atoms with E-state index in [4.69, 9.17) is 0 Å². The lowest BCUT2D eigenvalue weighted by molar-refractivity contribution is -0.137. The van der Waals surface area contributed by atoms with E-state index in [0.29, 0.717) is 40.9 Å². The summed E-state index contributed by atoms with van der Waals surface area (Å²) in [5, 5.41) is 3.42. The van der Waals surface area contributed by atoms with Gasteiger partial charge in [0.2, 0.25) is 0 Å². The maximum Gasteiger partial charge on any atom is 0.417 e. The Kier molecular flexibility index (Phi) is 6.93. The summed E-state index contributed by atoms with van der Waals surface area (Å²) in [5.74, 6) is -0.142. The molecule has 1 aromatic heterocycles. The number of halogens is 3. The maximum atomic E-state index is 13.6. The number of fused-ring (bicyclic) bond motifs is 2. The van der Waals surface area contributed by atoms with E-state index in [0.717, 1.165) is 55.4 Å². The van der Waals surface area contributed by atoms with Crippen molar-refractivity contribution in [2.75, 3.05) is 18.4 Å². The van der Waals surface area contributed by atoms with E-state index in [-0.39, 0.29) is 17.3 Å². The van der Waals surface area contributed by atoms with Gasteiger partial charge in [0.1, 0.15) is 0 Å². The molecule has 2 aliphatic heterocycles. The van der Waals surface area contributed by atoms with E-state index in [9.17, 15) is 22.8 Å². The molecule has 0 unspecified atom stereocenters. The molecule has 210 valence electrons. The predicted molar refractivity (Wildman–Crippen MR) is 152 cm³/mol. The van der Waals surface area contributed by atoms with Crippen molar-refractivity contribution >= 4 is 17.4 Å². The molecule has 0 radical (unpaired) electrons. The second-order valence-electron chi connectivity index (χ2n) is 10.8. The van der Waals surface area contributed by atoms with Gasteiger partial charge in [-0.1, -0.05) is 36.4 Å². The minimum absolute atomic E-state index is 0.0469. The molecule has 8 heteroatoms. The molecule has 0 spiro atoms. The highest BCUT2D eigenvalue weighted by Gasteiger charge is 2.33. The molecule has 41 heavy (non-hydrogen) atoms. The number of hydrogen-bond donors (Lipinski definition) is 1. The van der Waals surface area contributed by atoms with Crippen LogP contribution in [0, 0.1) is 6.92 Å². The van der Waals surface area contributed by atoms with Crippen LogP contribution >= 0.6 is 0 Å². The fourth-order valence-electron chi connectivity index (χ4n) is 5.94. The number of nitrogens with one attached hydrogen (secondary N) is 1. The van der Waals surface area contributed by atoms with Crippen LogP contribution in [0.25, 0.3) is 11.1 Å². The quantitative estimate of drug-likeness (QED) is 0.268. The second kappa shape index (κ2) is 10.6. The first-order chi connectivity index (χ1) is 19.7. The number of aromatic nitrogens is 1. The van der Waals surface area contributed by atoms with Crippen molar-refractivity contribution in [2.45, 2.75) is 45.5 Å². The molecule has 1 N–H and O–H groups in total. The number of ketones is 1. The number of nitrogens with zero attached hydrogens (tertiary/aromatic N) is 2. The van der Waals surface area contributed by atoms with Crippen LogP contribution in [0.4, 0.5) is 18.9 Å². The minimum Gasteiger partial charge on any atom is -0.379 e. The van der Waals surface area contributed by atoms with Crippen molar-refractivity contribution in [3.8, 4) is 11.1 Å². The number of anilines is 1. The molecule has 3 heterocycles. The number of hydrogen-bond acceptors (Lipinski definition) is 3. The second-order valence-corrected chi connectivity index (χ2v) is 10.8. The molecule has 3 aromatic carbocycles. The molecular formula is C33H30F3N3O2. The summed E-state index contributed by atoms with van der Waals surface area (Å²) in [5.41, 5.74) is 4.75. The normalized spacial score (nSPS) is 15.0. The van der Waals surface area contributed by atoms with Gasteiger partial charge in [0, 0.05) is 53.9 Å². The Hall–Kier alpha value is -4.33. The fourth-order valence-corrected chi connectivity index (χ4v) is 5.94. The Morgan fingerprint density at radius 1 is 0.854 bits per heavy atom. The average Bonchev–Trinajstić information content (AvgIpc) is 3.28. The maximum absolute atomic E-state index is 13.6. The van der Waals surface area contributed by atoms with Crippen LogP contribution in [-0.4, -0.2) is 34.2 Å². The van der Waals surface area contributed by atoms with E-state index in [1.807, 2.05) is 33.9 Å². The number of alkyl halides is 3.